The molecule has 2 nitrogen and oxygen atoms in total. The van der Waals surface area contributed by atoms with E-state index in [0.29, 0.717) is 6.54 Å². The number of hydrogen-bond acceptors (Lipinski definition) is 2. The van der Waals surface area contributed by atoms with Crippen molar-refractivity contribution in [1.82, 2.24) is 0 Å². The van der Waals surface area contributed by atoms with Gasteiger partial charge in [-0.1, -0.05) is 34.1 Å². The van der Waals surface area contributed by atoms with Gasteiger partial charge in [-0.15, -0.1) is 0 Å². The number of ether oxygens (including phenoxy) is 1. The Morgan fingerprint density at radius 2 is 1.89 bits per heavy atom. The minimum atomic E-state index is -0.115. The first kappa shape index (κ1) is 13.8. The number of hydrogen-bond donors (Lipinski definition) is 1. The molecule has 0 aliphatic heterocycles. The first-order valence-electron chi connectivity index (χ1n) is 5.57. The number of benzene rings is 2. The minimum Gasteiger partial charge on any atom is -0.484 e. The first-order valence-corrected chi connectivity index (χ1v) is 7.44. The predicted molar refractivity (Wildman–Crippen MR) is 85.7 cm³/mol. The standard InChI is InChI=1S/C14H13BrINO/c15-11-6-4-10(5-7-11)14(9-17)18-13-3-1-2-12(16)8-13/h1-8,14H,9,17H2. The Morgan fingerprint density at radius 1 is 1.17 bits per heavy atom. The van der Waals surface area contributed by atoms with E-state index in [-0.39, 0.29) is 6.10 Å². The Morgan fingerprint density at radius 3 is 2.50 bits per heavy atom. The topological polar surface area (TPSA) is 35.2 Å². The van der Waals surface area contributed by atoms with Gasteiger partial charge in [-0.3, -0.25) is 0 Å². The van der Waals surface area contributed by atoms with Crippen molar-refractivity contribution >= 4 is 38.5 Å². The molecule has 0 bridgehead atoms. The molecule has 0 saturated carbocycles. The van der Waals surface area contributed by atoms with E-state index in [1.54, 1.807) is 0 Å². The van der Waals surface area contributed by atoms with Gasteiger partial charge in [0.2, 0.25) is 0 Å². The van der Waals surface area contributed by atoms with Crippen LogP contribution in [0.15, 0.2) is 53.0 Å². The predicted octanol–water partition coefficient (Wildman–Crippen LogP) is 4.13. The van der Waals surface area contributed by atoms with Crippen molar-refractivity contribution < 1.29 is 4.74 Å². The molecular formula is C14H13BrINO. The van der Waals surface area contributed by atoms with Gasteiger partial charge < -0.3 is 10.5 Å². The molecule has 4 heteroatoms. The summed E-state index contributed by atoms with van der Waals surface area (Å²) < 4.78 is 8.13. The Kier molecular flexibility index (Phi) is 5.03. The summed E-state index contributed by atoms with van der Waals surface area (Å²) in [6.45, 7) is 0.451. The minimum absolute atomic E-state index is 0.115. The van der Waals surface area contributed by atoms with Crippen LogP contribution in [0.3, 0.4) is 0 Å². The van der Waals surface area contributed by atoms with Crippen LogP contribution in [0.5, 0.6) is 5.75 Å². The molecule has 0 aromatic heterocycles. The van der Waals surface area contributed by atoms with Crippen LogP contribution >= 0.6 is 38.5 Å². The van der Waals surface area contributed by atoms with Crippen molar-refractivity contribution in [3.8, 4) is 5.75 Å². The molecule has 94 valence electrons. The second-order valence-electron chi connectivity index (χ2n) is 3.85. The number of rotatable bonds is 4. The van der Waals surface area contributed by atoms with E-state index >= 15 is 0 Å². The summed E-state index contributed by atoms with van der Waals surface area (Å²) in [7, 11) is 0. The molecule has 2 aromatic carbocycles. The van der Waals surface area contributed by atoms with Crippen LogP contribution in [-0.4, -0.2) is 6.54 Å². The quantitative estimate of drug-likeness (QED) is 0.759. The Bertz CT molecular complexity index is 515. The lowest BCUT2D eigenvalue weighted by atomic mass is 10.1. The molecule has 18 heavy (non-hydrogen) atoms. The van der Waals surface area contributed by atoms with Crippen LogP contribution < -0.4 is 10.5 Å². The zero-order valence-electron chi connectivity index (χ0n) is 9.64. The molecule has 0 amide bonds. The van der Waals surface area contributed by atoms with Gasteiger partial charge in [-0.05, 0) is 58.5 Å². The van der Waals surface area contributed by atoms with Crippen LogP contribution in [0, 0.1) is 3.57 Å². The third kappa shape index (κ3) is 3.70. The van der Waals surface area contributed by atoms with Gasteiger partial charge in [0.25, 0.3) is 0 Å². The molecular weight excluding hydrogens is 405 g/mol. The molecule has 0 fully saturated rings. The molecule has 2 N–H and O–H groups in total. The summed E-state index contributed by atoms with van der Waals surface area (Å²) in [5.74, 6) is 0.847. The molecule has 0 spiro atoms. The SMILES string of the molecule is NCC(Oc1cccc(I)c1)c1ccc(Br)cc1. The van der Waals surface area contributed by atoms with E-state index in [1.807, 2.05) is 48.5 Å². The van der Waals surface area contributed by atoms with E-state index in [9.17, 15) is 0 Å². The van der Waals surface area contributed by atoms with Crippen LogP contribution in [0.25, 0.3) is 0 Å². The normalized spacial score (nSPS) is 12.2. The summed E-state index contributed by atoms with van der Waals surface area (Å²) in [6.07, 6.45) is -0.115. The molecule has 0 aliphatic carbocycles. The highest BCUT2D eigenvalue weighted by atomic mass is 127. The second kappa shape index (κ2) is 6.54. The van der Waals surface area contributed by atoms with Crippen LogP contribution in [0.1, 0.15) is 11.7 Å². The molecule has 0 aliphatic rings. The van der Waals surface area contributed by atoms with Crippen molar-refractivity contribution in [1.29, 1.82) is 0 Å². The van der Waals surface area contributed by atoms with E-state index < -0.39 is 0 Å². The van der Waals surface area contributed by atoms with Gasteiger partial charge in [0, 0.05) is 14.6 Å². The number of nitrogens with two attached hydrogens (primary N) is 1. The third-order valence-corrected chi connectivity index (χ3v) is 3.73. The lowest BCUT2D eigenvalue weighted by Gasteiger charge is -2.18. The fourth-order valence-corrected chi connectivity index (χ4v) is 2.41. The van der Waals surface area contributed by atoms with Crippen LogP contribution in [0.4, 0.5) is 0 Å². The van der Waals surface area contributed by atoms with Crippen molar-refractivity contribution in [3.05, 3.63) is 62.1 Å². The summed E-state index contributed by atoms with van der Waals surface area (Å²) in [6, 6.07) is 16.0. The lowest BCUT2D eigenvalue weighted by Crippen LogP contribution is -2.18. The summed E-state index contributed by atoms with van der Waals surface area (Å²) >= 11 is 5.69. The molecule has 1 unspecified atom stereocenters. The highest BCUT2D eigenvalue weighted by Gasteiger charge is 2.11. The Balaban J connectivity index is 2.17. The largest absolute Gasteiger partial charge is 0.484 e. The van der Waals surface area contributed by atoms with E-state index in [0.717, 1.165) is 19.4 Å². The summed E-state index contributed by atoms with van der Waals surface area (Å²) in [5, 5.41) is 0. The van der Waals surface area contributed by atoms with Crippen molar-refractivity contribution in [3.63, 3.8) is 0 Å². The maximum absolute atomic E-state index is 5.93. The monoisotopic (exact) mass is 417 g/mol. The molecule has 1 atom stereocenters. The van der Waals surface area contributed by atoms with Gasteiger partial charge in [0.1, 0.15) is 11.9 Å². The third-order valence-electron chi connectivity index (χ3n) is 2.53. The maximum atomic E-state index is 5.93. The fraction of sp³-hybridized carbons (Fsp3) is 0.143. The molecule has 2 rings (SSSR count). The summed E-state index contributed by atoms with van der Waals surface area (Å²) in [4.78, 5) is 0. The number of halogens is 2. The molecule has 0 saturated heterocycles. The van der Waals surface area contributed by atoms with Crippen molar-refractivity contribution in [2.75, 3.05) is 6.54 Å². The van der Waals surface area contributed by atoms with Gasteiger partial charge >= 0.3 is 0 Å². The zero-order chi connectivity index (χ0) is 13.0. The summed E-state index contributed by atoms with van der Waals surface area (Å²) in [5.41, 5.74) is 6.87. The average molecular weight is 418 g/mol. The second-order valence-corrected chi connectivity index (χ2v) is 6.01. The van der Waals surface area contributed by atoms with Gasteiger partial charge in [0.05, 0.1) is 0 Å². The van der Waals surface area contributed by atoms with Gasteiger partial charge in [-0.2, -0.15) is 0 Å². The lowest BCUT2D eigenvalue weighted by molar-refractivity contribution is 0.214. The Hall–Kier alpha value is -0.590. The molecule has 0 radical (unpaired) electrons. The highest BCUT2D eigenvalue weighted by molar-refractivity contribution is 14.1. The van der Waals surface area contributed by atoms with E-state index in [1.165, 1.54) is 0 Å². The average Bonchev–Trinajstić information content (AvgIpc) is 2.37. The van der Waals surface area contributed by atoms with Crippen LogP contribution in [-0.2, 0) is 0 Å². The van der Waals surface area contributed by atoms with Gasteiger partial charge in [-0.25, -0.2) is 0 Å². The zero-order valence-corrected chi connectivity index (χ0v) is 13.4. The van der Waals surface area contributed by atoms with Crippen molar-refractivity contribution in [2.24, 2.45) is 5.73 Å². The van der Waals surface area contributed by atoms with E-state index in [4.69, 9.17) is 10.5 Å². The first-order chi connectivity index (χ1) is 8.69. The fourth-order valence-electron chi connectivity index (χ4n) is 1.63. The molecule has 2 aromatic rings. The van der Waals surface area contributed by atoms with Crippen molar-refractivity contribution in [2.45, 2.75) is 6.10 Å². The van der Waals surface area contributed by atoms with Gasteiger partial charge in [0.15, 0.2) is 0 Å². The van der Waals surface area contributed by atoms with E-state index in [2.05, 4.69) is 38.5 Å². The van der Waals surface area contributed by atoms with Crippen LogP contribution in [0.2, 0.25) is 0 Å². The highest BCUT2D eigenvalue weighted by Crippen LogP contribution is 2.23. The maximum Gasteiger partial charge on any atom is 0.136 e. The Labute approximate surface area is 129 Å². The molecule has 0 heterocycles. The smallest absolute Gasteiger partial charge is 0.136 e.